The smallest absolute Gasteiger partial charge is 0.335 e. The molecule has 1 aromatic heterocycles. The van der Waals surface area contributed by atoms with Crippen molar-refractivity contribution in [2.75, 3.05) is 7.11 Å². The molecule has 1 N–H and O–H groups in total. The standard InChI is InChI=1S/C13H10ClNO3/c1-18-11-3-2-6-15-12(11)9-5-4-8(13(16)17)7-10(9)14/h2-7H,1H3,(H,16,17). The Morgan fingerprint density at radius 2 is 2.17 bits per heavy atom. The monoisotopic (exact) mass is 263 g/mol. The van der Waals surface area contributed by atoms with Gasteiger partial charge in [0.15, 0.2) is 0 Å². The second kappa shape index (κ2) is 5.06. The average molecular weight is 264 g/mol. The van der Waals surface area contributed by atoms with Crippen LogP contribution in [0.15, 0.2) is 36.5 Å². The van der Waals surface area contributed by atoms with Crippen LogP contribution in [-0.4, -0.2) is 23.2 Å². The third-order valence-corrected chi connectivity index (χ3v) is 2.77. The van der Waals surface area contributed by atoms with Gasteiger partial charge in [0.25, 0.3) is 0 Å². The molecule has 5 heteroatoms. The number of pyridine rings is 1. The summed E-state index contributed by atoms with van der Waals surface area (Å²) in [5.74, 6) is -0.432. The second-order valence-electron chi connectivity index (χ2n) is 3.55. The van der Waals surface area contributed by atoms with Crippen molar-refractivity contribution in [2.24, 2.45) is 0 Å². The number of rotatable bonds is 3. The fourth-order valence-electron chi connectivity index (χ4n) is 1.60. The summed E-state index contributed by atoms with van der Waals surface area (Å²) in [6.45, 7) is 0. The molecular formula is C13H10ClNO3. The lowest BCUT2D eigenvalue weighted by atomic mass is 10.1. The maximum absolute atomic E-state index is 10.8. The van der Waals surface area contributed by atoms with Gasteiger partial charge in [0.05, 0.1) is 17.7 Å². The number of nitrogens with zero attached hydrogens (tertiary/aromatic N) is 1. The van der Waals surface area contributed by atoms with Gasteiger partial charge in [-0.05, 0) is 24.3 Å². The number of carbonyl (C=O) groups is 1. The van der Waals surface area contributed by atoms with Gasteiger partial charge in [0.1, 0.15) is 11.4 Å². The minimum atomic E-state index is -1.02. The van der Waals surface area contributed by atoms with Gasteiger partial charge < -0.3 is 9.84 Å². The minimum absolute atomic E-state index is 0.138. The van der Waals surface area contributed by atoms with Crippen LogP contribution in [0.1, 0.15) is 10.4 Å². The zero-order valence-electron chi connectivity index (χ0n) is 9.55. The predicted octanol–water partition coefficient (Wildman–Crippen LogP) is 3.11. The van der Waals surface area contributed by atoms with Crippen LogP contribution in [-0.2, 0) is 0 Å². The molecule has 0 fully saturated rings. The van der Waals surface area contributed by atoms with E-state index < -0.39 is 5.97 Å². The Balaban J connectivity index is 2.54. The molecule has 0 radical (unpaired) electrons. The molecule has 0 aliphatic rings. The van der Waals surface area contributed by atoms with Crippen molar-refractivity contribution in [3.8, 4) is 17.0 Å². The lowest BCUT2D eigenvalue weighted by Crippen LogP contribution is -1.97. The van der Waals surface area contributed by atoms with Crippen LogP contribution in [0.4, 0.5) is 0 Å². The van der Waals surface area contributed by atoms with Crippen molar-refractivity contribution < 1.29 is 14.6 Å². The second-order valence-corrected chi connectivity index (χ2v) is 3.96. The first kappa shape index (κ1) is 12.4. The summed E-state index contributed by atoms with van der Waals surface area (Å²) in [4.78, 5) is 15.0. The van der Waals surface area contributed by atoms with Gasteiger partial charge >= 0.3 is 5.97 Å². The van der Waals surface area contributed by atoms with Gasteiger partial charge in [0, 0.05) is 11.8 Å². The van der Waals surface area contributed by atoms with Crippen LogP contribution >= 0.6 is 11.6 Å². The molecule has 2 rings (SSSR count). The summed E-state index contributed by atoms with van der Waals surface area (Å²) < 4.78 is 5.19. The lowest BCUT2D eigenvalue weighted by molar-refractivity contribution is 0.0697. The summed E-state index contributed by atoms with van der Waals surface area (Å²) in [7, 11) is 1.54. The van der Waals surface area contributed by atoms with Crippen LogP contribution in [0.5, 0.6) is 5.75 Å². The highest BCUT2D eigenvalue weighted by Gasteiger charge is 2.12. The Morgan fingerprint density at radius 1 is 1.39 bits per heavy atom. The molecule has 0 unspecified atom stereocenters. The van der Waals surface area contributed by atoms with Crippen molar-refractivity contribution in [1.82, 2.24) is 4.98 Å². The Kier molecular flexibility index (Phi) is 3.48. The SMILES string of the molecule is COc1cccnc1-c1ccc(C(=O)O)cc1Cl. The van der Waals surface area contributed by atoms with Crippen LogP contribution < -0.4 is 4.74 Å². The van der Waals surface area contributed by atoms with Crippen LogP contribution in [0.25, 0.3) is 11.3 Å². The Bertz CT molecular complexity index is 599. The quantitative estimate of drug-likeness (QED) is 0.924. The van der Waals surface area contributed by atoms with Gasteiger partial charge in [0.2, 0.25) is 0 Å². The summed E-state index contributed by atoms with van der Waals surface area (Å²) in [5, 5.41) is 9.20. The molecule has 2 aromatic rings. The van der Waals surface area contributed by atoms with Crippen LogP contribution in [0.3, 0.4) is 0 Å². The summed E-state index contributed by atoms with van der Waals surface area (Å²) in [6, 6.07) is 8.02. The van der Waals surface area contributed by atoms with E-state index in [9.17, 15) is 4.79 Å². The van der Waals surface area contributed by atoms with E-state index in [4.69, 9.17) is 21.4 Å². The number of hydrogen-bond donors (Lipinski definition) is 1. The van der Waals surface area contributed by atoms with E-state index in [1.165, 1.54) is 12.1 Å². The molecule has 0 aliphatic carbocycles. The molecule has 1 aromatic carbocycles. The Morgan fingerprint density at radius 3 is 2.78 bits per heavy atom. The molecular weight excluding hydrogens is 254 g/mol. The topological polar surface area (TPSA) is 59.4 Å². The van der Waals surface area contributed by atoms with Crippen molar-refractivity contribution in [3.63, 3.8) is 0 Å². The summed E-state index contributed by atoms with van der Waals surface area (Å²) >= 11 is 6.08. The normalized spacial score (nSPS) is 10.1. The van der Waals surface area contributed by atoms with Crippen molar-refractivity contribution in [3.05, 3.63) is 47.1 Å². The first-order chi connectivity index (χ1) is 8.63. The number of halogens is 1. The third-order valence-electron chi connectivity index (χ3n) is 2.46. The van der Waals surface area contributed by atoms with E-state index >= 15 is 0 Å². The molecule has 0 atom stereocenters. The number of ether oxygens (including phenoxy) is 1. The van der Waals surface area contributed by atoms with E-state index in [-0.39, 0.29) is 5.56 Å². The number of hydrogen-bond acceptors (Lipinski definition) is 3. The Hall–Kier alpha value is -2.07. The molecule has 0 bridgehead atoms. The highest BCUT2D eigenvalue weighted by Crippen LogP contribution is 2.33. The Labute approximate surface area is 109 Å². The molecule has 4 nitrogen and oxygen atoms in total. The van der Waals surface area contributed by atoms with Gasteiger partial charge in [-0.1, -0.05) is 17.7 Å². The molecule has 0 amide bonds. The number of methoxy groups -OCH3 is 1. The highest BCUT2D eigenvalue weighted by atomic mass is 35.5. The summed E-state index contributed by atoms with van der Waals surface area (Å²) in [5.41, 5.74) is 1.36. The fourth-order valence-corrected chi connectivity index (χ4v) is 1.87. The minimum Gasteiger partial charge on any atom is -0.494 e. The molecule has 0 saturated carbocycles. The van der Waals surface area contributed by atoms with Gasteiger partial charge in [-0.15, -0.1) is 0 Å². The number of aromatic carboxylic acids is 1. The third kappa shape index (κ3) is 2.28. The molecule has 18 heavy (non-hydrogen) atoms. The first-order valence-corrected chi connectivity index (χ1v) is 5.53. The predicted molar refractivity (Wildman–Crippen MR) is 68.2 cm³/mol. The van der Waals surface area contributed by atoms with E-state index in [1.807, 2.05) is 0 Å². The average Bonchev–Trinajstić information content (AvgIpc) is 2.38. The number of benzene rings is 1. The zero-order valence-corrected chi connectivity index (χ0v) is 10.3. The molecule has 0 saturated heterocycles. The number of carboxylic acids is 1. The van der Waals surface area contributed by atoms with Crippen LogP contribution in [0.2, 0.25) is 5.02 Å². The van der Waals surface area contributed by atoms with Crippen LogP contribution in [0, 0.1) is 0 Å². The highest BCUT2D eigenvalue weighted by molar-refractivity contribution is 6.33. The maximum atomic E-state index is 10.8. The zero-order chi connectivity index (χ0) is 13.1. The van der Waals surface area contributed by atoms with Crippen molar-refractivity contribution in [2.45, 2.75) is 0 Å². The lowest BCUT2D eigenvalue weighted by Gasteiger charge is -2.09. The number of aromatic nitrogens is 1. The van der Waals surface area contributed by atoms with E-state index in [1.54, 1.807) is 31.5 Å². The van der Waals surface area contributed by atoms with E-state index in [0.717, 1.165) is 0 Å². The largest absolute Gasteiger partial charge is 0.494 e. The van der Waals surface area contributed by atoms with Crippen molar-refractivity contribution in [1.29, 1.82) is 0 Å². The van der Waals surface area contributed by atoms with E-state index in [0.29, 0.717) is 22.0 Å². The number of carboxylic acid groups (broad SMARTS) is 1. The van der Waals surface area contributed by atoms with Gasteiger partial charge in [-0.25, -0.2) is 4.79 Å². The van der Waals surface area contributed by atoms with Crippen molar-refractivity contribution >= 4 is 17.6 Å². The van der Waals surface area contributed by atoms with Gasteiger partial charge in [-0.2, -0.15) is 0 Å². The van der Waals surface area contributed by atoms with Gasteiger partial charge in [-0.3, -0.25) is 4.98 Å². The summed E-state index contributed by atoms with van der Waals surface area (Å²) in [6.07, 6.45) is 1.62. The first-order valence-electron chi connectivity index (χ1n) is 5.15. The molecule has 1 heterocycles. The van der Waals surface area contributed by atoms with E-state index in [2.05, 4.69) is 4.98 Å². The fraction of sp³-hybridized carbons (Fsp3) is 0.0769. The molecule has 92 valence electrons. The molecule has 0 aliphatic heterocycles. The maximum Gasteiger partial charge on any atom is 0.335 e. The molecule has 0 spiro atoms.